The molecule has 0 bridgehead atoms. The predicted molar refractivity (Wildman–Crippen MR) is 96.4 cm³/mol. The van der Waals surface area contributed by atoms with E-state index in [1.54, 1.807) is 11.6 Å². The van der Waals surface area contributed by atoms with Crippen molar-refractivity contribution in [1.29, 1.82) is 0 Å². The van der Waals surface area contributed by atoms with Gasteiger partial charge in [0.2, 0.25) is 5.88 Å². The summed E-state index contributed by atoms with van der Waals surface area (Å²) >= 11 is 3.47. The zero-order chi connectivity index (χ0) is 16.9. The molecule has 0 saturated carbocycles. The number of carbonyl (C=O) groups excluding carboxylic acids is 1. The molecule has 1 aromatic heterocycles. The predicted octanol–water partition coefficient (Wildman–Crippen LogP) is 3.80. The van der Waals surface area contributed by atoms with E-state index < -0.39 is 6.10 Å². The van der Waals surface area contributed by atoms with Crippen molar-refractivity contribution in [2.24, 2.45) is 0 Å². The van der Waals surface area contributed by atoms with Crippen LogP contribution in [0.4, 0.5) is 0 Å². The molecule has 1 atom stereocenters. The third-order valence-corrected chi connectivity index (χ3v) is 4.76. The van der Waals surface area contributed by atoms with Gasteiger partial charge in [0.25, 0.3) is 5.91 Å². The van der Waals surface area contributed by atoms with Crippen molar-refractivity contribution < 1.29 is 9.53 Å². The Morgan fingerprint density at radius 1 is 1.17 bits per heavy atom. The summed E-state index contributed by atoms with van der Waals surface area (Å²) < 4.78 is 8.31. The van der Waals surface area contributed by atoms with Crippen LogP contribution in [0.25, 0.3) is 5.69 Å². The molecule has 1 aliphatic heterocycles. The molecule has 0 aliphatic carbocycles. The van der Waals surface area contributed by atoms with E-state index in [4.69, 9.17) is 4.74 Å². The summed E-state index contributed by atoms with van der Waals surface area (Å²) in [7, 11) is 0. The molecule has 2 aromatic rings. The number of amides is 1. The highest BCUT2D eigenvalue weighted by Crippen LogP contribution is 2.26. The number of aromatic nitrogens is 2. The van der Waals surface area contributed by atoms with Crippen molar-refractivity contribution in [1.82, 2.24) is 14.7 Å². The van der Waals surface area contributed by atoms with Crippen LogP contribution in [-0.2, 0) is 4.79 Å². The molecule has 0 radical (unpaired) electrons. The fourth-order valence-electron chi connectivity index (χ4n) is 2.90. The molecule has 0 N–H and O–H groups in total. The van der Waals surface area contributed by atoms with E-state index in [1.807, 2.05) is 41.4 Å². The molecule has 1 aliphatic rings. The van der Waals surface area contributed by atoms with Crippen molar-refractivity contribution in [2.75, 3.05) is 13.1 Å². The number of hydrogen-bond donors (Lipinski definition) is 0. The minimum Gasteiger partial charge on any atom is -0.463 e. The van der Waals surface area contributed by atoms with Crippen LogP contribution in [0, 0.1) is 0 Å². The lowest BCUT2D eigenvalue weighted by Gasteiger charge is -2.24. The fraction of sp³-hybridized carbons (Fsp3) is 0.444. The van der Waals surface area contributed by atoms with Gasteiger partial charge in [-0.2, -0.15) is 0 Å². The second kappa shape index (κ2) is 7.83. The maximum Gasteiger partial charge on any atom is 0.263 e. The largest absolute Gasteiger partial charge is 0.463 e. The quantitative estimate of drug-likeness (QED) is 0.795. The van der Waals surface area contributed by atoms with E-state index in [-0.39, 0.29) is 5.91 Å². The van der Waals surface area contributed by atoms with Gasteiger partial charge in [-0.25, -0.2) is 4.68 Å². The summed E-state index contributed by atoms with van der Waals surface area (Å²) in [4.78, 5) is 14.5. The van der Waals surface area contributed by atoms with Crippen molar-refractivity contribution in [3.8, 4) is 11.6 Å². The van der Waals surface area contributed by atoms with Crippen LogP contribution >= 0.6 is 15.9 Å². The van der Waals surface area contributed by atoms with E-state index in [2.05, 4.69) is 21.0 Å². The van der Waals surface area contributed by atoms with Crippen LogP contribution in [-0.4, -0.2) is 39.8 Å². The highest BCUT2D eigenvalue weighted by Gasteiger charge is 2.24. The van der Waals surface area contributed by atoms with Crippen molar-refractivity contribution in [3.05, 3.63) is 41.0 Å². The van der Waals surface area contributed by atoms with Gasteiger partial charge in [-0.15, -0.1) is 5.10 Å². The number of benzene rings is 1. The third kappa shape index (κ3) is 3.98. The van der Waals surface area contributed by atoms with Crippen molar-refractivity contribution >= 4 is 21.8 Å². The number of ether oxygens (including phenoxy) is 1. The zero-order valence-corrected chi connectivity index (χ0v) is 15.4. The van der Waals surface area contributed by atoms with Gasteiger partial charge in [0.1, 0.15) is 0 Å². The molecule has 128 valence electrons. The molecule has 2 heterocycles. The van der Waals surface area contributed by atoms with E-state index in [1.165, 1.54) is 12.8 Å². The molecule has 6 heteroatoms. The molecule has 1 amide bonds. The van der Waals surface area contributed by atoms with Crippen LogP contribution < -0.4 is 4.74 Å². The van der Waals surface area contributed by atoms with Crippen LogP contribution in [0.1, 0.15) is 32.6 Å². The van der Waals surface area contributed by atoms with E-state index >= 15 is 0 Å². The smallest absolute Gasteiger partial charge is 0.263 e. The fourth-order valence-corrected chi connectivity index (χ4v) is 3.26. The van der Waals surface area contributed by atoms with Crippen molar-refractivity contribution in [3.63, 3.8) is 0 Å². The Hall–Kier alpha value is -1.82. The molecule has 5 nitrogen and oxygen atoms in total. The van der Waals surface area contributed by atoms with Crippen LogP contribution in [0.5, 0.6) is 5.88 Å². The highest BCUT2D eigenvalue weighted by atomic mass is 79.9. The maximum atomic E-state index is 12.6. The van der Waals surface area contributed by atoms with Gasteiger partial charge in [0.15, 0.2) is 6.10 Å². The Bertz CT molecular complexity index is 679. The molecular formula is C18H22BrN3O2. The Labute approximate surface area is 150 Å². The highest BCUT2D eigenvalue weighted by molar-refractivity contribution is 9.10. The summed E-state index contributed by atoms with van der Waals surface area (Å²) in [5.41, 5.74) is 0.944. The molecule has 1 fully saturated rings. The SMILES string of the molecule is C[C@H](Oc1nn(-c2ccccc2)cc1Br)C(=O)N1CCCCCC1. The number of rotatable bonds is 4. The minimum absolute atomic E-state index is 0.0399. The maximum absolute atomic E-state index is 12.6. The Balaban J connectivity index is 1.69. The van der Waals surface area contributed by atoms with Gasteiger partial charge in [0.05, 0.1) is 10.2 Å². The van der Waals surface area contributed by atoms with Crippen LogP contribution in [0.15, 0.2) is 41.0 Å². The lowest BCUT2D eigenvalue weighted by atomic mass is 10.2. The van der Waals surface area contributed by atoms with Gasteiger partial charge < -0.3 is 9.64 Å². The first-order valence-electron chi connectivity index (χ1n) is 8.41. The minimum atomic E-state index is -0.543. The number of hydrogen-bond acceptors (Lipinski definition) is 3. The zero-order valence-electron chi connectivity index (χ0n) is 13.8. The third-order valence-electron chi connectivity index (χ3n) is 4.21. The summed E-state index contributed by atoms with van der Waals surface area (Å²) in [6.45, 7) is 3.44. The lowest BCUT2D eigenvalue weighted by Crippen LogP contribution is -2.41. The first kappa shape index (κ1) is 17.0. The molecule has 3 rings (SSSR count). The first-order valence-corrected chi connectivity index (χ1v) is 9.20. The topological polar surface area (TPSA) is 47.4 Å². The van der Waals surface area contributed by atoms with Gasteiger partial charge in [-0.05, 0) is 47.8 Å². The van der Waals surface area contributed by atoms with Gasteiger partial charge in [-0.1, -0.05) is 31.0 Å². The molecule has 1 aromatic carbocycles. The second-order valence-corrected chi connectivity index (χ2v) is 6.92. The standard InChI is InChI=1S/C18H22BrN3O2/c1-14(18(23)21-11-7-2-3-8-12-21)24-17-16(19)13-22(20-17)15-9-5-4-6-10-15/h4-6,9-10,13-14H,2-3,7-8,11-12H2,1H3/t14-/m0/s1. The number of likely N-dealkylation sites (tertiary alicyclic amines) is 1. The van der Waals surface area contributed by atoms with E-state index in [0.29, 0.717) is 5.88 Å². The van der Waals surface area contributed by atoms with E-state index in [0.717, 1.165) is 36.1 Å². The molecule has 1 saturated heterocycles. The summed E-state index contributed by atoms with van der Waals surface area (Å²) in [6.07, 6.45) is 5.85. The Kier molecular flexibility index (Phi) is 5.56. The monoisotopic (exact) mass is 391 g/mol. The second-order valence-electron chi connectivity index (χ2n) is 6.06. The summed E-state index contributed by atoms with van der Waals surface area (Å²) in [5, 5.41) is 4.44. The van der Waals surface area contributed by atoms with Crippen LogP contribution in [0.2, 0.25) is 0 Å². The number of carbonyl (C=O) groups is 1. The van der Waals surface area contributed by atoms with Gasteiger partial charge in [-0.3, -0.25) is 4.79 Å². The first-order chi connectivity index (χ1) is 11.6. The van der Waals surface area contributed by atoms with Crippen molar-refractivity contribution in [2.45, 2.75) is 38.7 Å². The van der Waals surface area contributed by atoms with E-state index in [9.17, 15) is 4.79 Å². The summed E-state index contributed by atoms with van der Waals surface area (Å²) in [6, 6.07) is 9.80. The molecule has 24 heavy (non-hydrogen) atoms. The number of nitrogens with zero attached hydrogens (tertiary/aromatic N) is 3. The number of halogens is 1. The molecular weight excluding hydrogens is 370 g/mol. The van der Waals surface area contributed by atoms with Gasteiger partial charge >= 0.3 is 0 Å². The Morgan fingerprint density at radius 3 is 2.50 bits per heavy atom. The van der Waals surface area contributed by atoms with Gasteiger partial charge in [0, 0.05) is 19.3 Å². The molecule has 0 unspecified atom stereocenters. The lowest BCUT2D eigenvalue weighted by molar-refractivity contribution is -0.138. The normalized spacial score (nSPS) is 16.5. The summed E-state index contributed by atoms with van der Waals surface area (Å²) in [5.74, 6) is 0.479. The Morgan fingerprint density at radius 2 is 1.83 bits per heavy atom. The number of para-hydroxylation sites is 1. The van der Waals surface area contributed by atoms with Crippen LogP contribution in [0.3, 0.4) is 0 Å². The average Bonchev–Trinajstić information content (AvgIpc) is 2.80. The average molecular weight is 392 g/mol. The molecule has 0 spiro atoms.